The van der Waals surface area contributed by atoms with Gasteiger partial charge >= 0.3 is 0 Å². The summed E-state index contributed by atoms with van der Waals surface area (Å²) in [6.07, 6.45) is 2.96. The molecule has 0 bridgehead atoms. The molecule has 0 radical (unpaired) electrons. The Morgan fingerprint density at radius 3 is 2.71 bits per heavy atom. The largest absolute Gasteiger partial charge is 0.326 e. The normalized spacial score (nSPS) is 9.93. The molecule has 1 N–H and O–H groups in total. The molecule has 2 nitrogen and oxygen atoms in total. The molecule has 0 fully saturated rings. The highest BCUT2D eigenvalue weighted by Gasteiger charge is 2.03. The molecule has 0 saturated heterocycles. The van der Waals surface area contributed by atoms with E-state index in [0.717, 1.165) is 12.1 Å². The second kappa shape index (κ2) is 5.05. The first-order valence-electron chi connectivity index (χ1n) is 4.62. The summed E-state index contributed by atoms with van der Waals surface area (Å²) in [7, 11) is 0. The van der Waals surface area contributed by atoms with Gasteiger partial charge in [-0.2, -0.15) is 0 Å². The molecule has 0 unspecified atom stereocenters. The Morgan fingerprint density at radius 1 is 1.50 bits per heavy atom. The van der Waals surface area contributed by atoms with Gasteiger partial charge < -0.3 is 5.32 Å². The molecule has 0 aliphatic rings. The molecule has 0 saturated carbocycles. The number of rotatable bonds is 3. The van der Waals surface area contributed by atoms with Crippen LogP contribution in [0.1, 0.15) is 19.4 Å². The summed E-state index contributed by atoms with van der Waals surface area (Å²) in [5, 5.41) is 2.85. The van der Waals surface area contributed by atoms with E-state index in [1.54, 1.807) is 11.8 Å². The summed E-state index contributed by atoms with van der Waals surface area (Å²) in [5.74, 6) is -0.0158. The first-order valence-corrected chi connectivity index (χ1v) is 5.84. The van der Waals surface area contributed by atoms with E-state index in [1.807, 2.05) is 12.3 Å². The van der Waals surface area contributed by atoms with Crippen LogP contribution in [0, 0.1) is 0 Å². The molecule has 0 spiro atoms. The fourth-order valence-electron chi connectivity index (χ4n) is 1.30. The van der Waals surface area contributed by atoms with Crippen molar-refractivity contribution in [1.82, 2.24) is 0 Å². The number of hydrogen-bond acceptors (Lipinski definition) is 2. The lowest BCUT2D eigenvalue weighted by atomic mass is 10.1. The highest BCUT2D eigenvalue weighted by atomic mass is 32.2. The van der Waals surface area contributed by atoms with Crippen LogP contribution in [0.2, 0.25) is 0 Å². The molecule has 3 heteroatoms. The smallest absolute Gasteiger partial charge is 0.221 e. The monoisotopic (exact) mass is 209 g/mol. The first-order chi connectivity index (χ1) is 6.67. The van der Waals surface area contributed by atoms with Gasteiger partial charge in [-0.15, -0.1) is 11.8 Å². The van der Waals surface area contributed by atoms with Gasteiger partial charge in [-0.05, 0) is 30.4 Å². The lowest BCUT2D eigenvalue weighted by Gasteiger charge is -2.09. The number of nitrogens with one attached hydrogen (secondary N) is 1. The molecule has 0 heterocycles. The molecule has 1 aromatic rings. The molecule has 0 aliphatic heterocycles. The molecule has 1 rings (SSSR count). The average Bonchev–Trinajstić information content (AvgIpc) is 2.16. The summed E-state index contributed by atoms with van der Waals surface area (Å²) >= 11 is 1.68. The highest BCUT2D eigenvalue weighted by molar-refractivity contribution is 7.98. The third-order valence-corrected chi connectivity index (χ3v) is 2.73. The minimum absolute atomic E-state index is 0.0158. The standard InChI is InChI=1S/C11H15NOS/c1-4-9-5-6-10(14-3)7-11(9)12-8(2)13/h5-7H,4H2,1-3H3,(H,12,13). The van der Waals surface area contributed by atoms with Gasteiger partial charge in [0.1, 0.15) is 0 Å². The van der Waals surface area contributed by atoms with Crippen LogP contribution >= 0.6 is 11.8 Å². The van der Waals surface area contributed by atoms with E-state index in [4.69, 9.17) is 0 Å². The maximum atomic E-state index is 11.0. The van der Waals surface area contributed by atoms with Gasteiger partial charge in [-0.1, -0.05) is 13.0 Å². The van der Waals surface area contributed by atoms with Gasteiger partial charge in [0, 0.05) is 17.5 Å². The Labute approximate surface area is 89.1 Å². The topological polar surface area (TPSA) is 29.1 Å². The van der Waals surface area contributed by atoms with Crippen molar-refractivity contribution in [3.8, 4) is 0 Å². The number of carbonyl (C=O) groups is 1. The van der Waals surface area contributed by atoms with Gasteiger partial charge in [0.05, 0.1) is 0 Å². The van der Waals surface area contributed by atoms with E-state index in [9.17, 15) is 4.79 Å². The minimum atomic E-state index is -0.0158. The molecular formula is C11H15NOS. The Hall–Kier alpha value is -0.960. The molecule has 1 amide bonds. The molecule has 0 aromatic heterocycles. The van der Waals surface area contributed by atoms with Crippen molar-refractivity contribution in [1.29, 1.82) is 0 Å². The number of hydrogen-bond donors (Lipinski definition) is 1. The lowest BCUT2D eigenvalue weighted by molar-refractivity contribution is -0.114. The highest BCUT2D eigenvalue weighted by Crippen LogP contribution is 2.23. The van der Waals surface area contributed by atoms with Gasteiger partial charge in [0.2, 0.25) is 5.91 Å². The van der Waals surface area contributed by atoms with Gasteiger partial charge in [0.15, 0.2) is 0 Å². The fourth-order valence-corrected chi connectivity index (χ4v) is 1.74. The van der Waals surface area contributed by atoms with Gasteiger partial charge in [0.25, 0.3) is 0 Å². The van der Waals surface area contributed by atoms with Crippen LogP contribution in [-0.4, -0.2) is 12.2 Å². The third kappa shape index (κ3) is 2.77. The maximum absolute atomic E-state index is 11.0. The number of carbonyl (C=O) groups excluding carboxylic acids is 1. The van der Waals surface area contributed by atoms with Gasteiger partial charge in [-0.3, -0.25) is 4.79 Å². The van der Waals surface area contributed by atoms with E-state index in [1.165, 1.54) is 17.4 Å². The predicted octanol–water partition coefficient (Wildman–Crippen LogP) is 2.93. The molecular weight excluding hydrogens is 194 g/mol. The van der Waals surface area contributed by atoms with E-state index >= 15 is 0 Å². The van der Waals surface area contributed by atoms with Crippen LogP contribution < -0.4 is 5.32 Å². The summed E-state index contributed by atoms with van der Waals surface area (Å²) in [6, 6.07) is 6.16. The Kier molecular flexibility index (Phi) is 4.01. The maximum Gasteiger partial charge on any atom is 0.221 e. The van der Waals surface area contributed by atoms with Crippen LogP contribution in [0.3, 0.4) is 0 Å². The number of benzene rings is 1. The van der Waals surface area contributed by atoms with Crippen LogP contribution in [0.25, 0.3) is 0 Å². The van der Waals surface area contributed by atoms with Crippen molar-refractivity contribution in [2.75, 3.05) is 11.6 Å². The summed E-state index contributed by atoms with van der Waals surface area (Å²) in [5.41, 5.74) is 2.12. The quantitative estimate of drug-likeness (QED) is 0.775. The van der Waals surface area contributed by atoms with Crippen molar-refractivity contribution in [3.63, 3.8) is 0 Å². The molecule has 76 valence electrons. The van der Waals surface area contributed by atoms with Crippen LogP contribution in [0.5, 0.6) is 0 Å². The second-order valence-corrected chi connectivity index (χ2v) is 3.94. The second-order valence-electron chi connectivity index (χ2n) is 3.06. The van der Waals surface area contributed by atoms with Crippen molar-refractivity contribution in [2.45, 2.75) is 25.2 Å². The fraction of sp³-hybridized carbons (Fsp3) is 0.364. The van der Waals surface area contributed by atoms with Crippen molar-refractivity contribution < 1.29 is 4.79 Å². The summed E-state index contributed by atoms with van der Waals surface area (Å²) < 4.78 is 0. The first kappa shape index (κ1) is 11.1. The van der Waals surface area contributed by atoms with Crippen LogP contribution in [-0.2, 0) is 11.2 Å². The van der Waals surface area contributed by atoms with Crippen molar-refractivity contribution in [3.05, 3.63) is 23.8 Å². The SMILES string of the molecule is CCc1ccc(SC)cc1NC(C)=O. The van der Waals surface area contributed by atoms with E-state index in [2.05, 4.69) is 24.4 Å². The predicted molar refractivity (Wildman–Crippen MR) is 61.9 cm³/mol. The summed E-state index contributed by atoms with van der Waals surface area (Å²) in [4.78, 5) is 12.1. The van der Waals surface area contributed by atoms with E-state index < -0.39 is 0 Å². The molecule has 0 atom stereocenters. The van der Waals surface area contributed by atoms with Crippen molar-refractivity contribution in [2.24, 2.45) is 0 Å². The third-order valence-electron chi connectivity index (χ3n) is 2.01. The molecule has 1 aromatic carbocycles. The Bertz CT molecular complexity index is 336. The van der Waals surface area contributed by atoms with E-state index in [0.29, 0.717) is 0 Å². The van der Waals surface area contributed by atoms with E-state index in [-0.39, 0.29) is 5.91 Å². The van der Waals surface area contributed by atoms with Crippen LogP contribution in [0.4, 0.5) is 5.69 Å². The van der Waals surface area contributed by atoms with Crippen molar-refractivity contribution >= 4 is 23.4 Å². The number of thioether (sulfide) groups is 1. The van der Waals surface area contributed by atoms with Crippen LogP contribution in [0.15, 0.2) is 23.1 Å². The molecule has 0 aliphatic carbocycles. The number of amides is 1. The summed E-state index contributed by atoms with van der Waals surface area (Å²) in [6.45, 7) is 3.62. The average molecular weight is 209 g/mol. The lowest BCUT2D eigenvalue weighted by Crippen LogP contribution is -2.07. The zero-order chi connectivity index (χ0) is 10.6. The zero-order valence-corrected chi connectivity index (χ0v) is 9.57. The minimum Gasteiger partial charge on any atom is -0.326 e. The Balaban J connectivity index is 3.01. The molecule has 14 heavy (non-hydrogen) atoms. The zero-order valence-electron chi connectivity index (χ0n) is 8.76. The van der Waals surface area contributed by atoms with Gasteiger partial charge in [-0.25, -0.2) is 0 Å². The Morgan fingerprint density at radius 2 is 2.21 bits per heavy atom. The number of anilines is 1. The number of aryl methyl sites for hydroxylation is 1.